The summed E-state index contributed by atoms with van der Waals surface area (Å²) in [6, 6.07) is 2.02. The van der Waals surface area contributed by atoms with E-state index in [4.69, 9.17) is 0 Å². The van der Waals surface area contributed by atoms with Gasteiger partial charge in [0, 0.05) is 32.7 Å². The van der Waals surface area contributed by atoms with Crippen molar-refractivity contribution in [2.24, 2.45) is 0 Å². The number of likely N-dealkylation sites (N-methyl/N-ethyl adjacent to an activating group) is 2. The van der Waals surface area contributed by atoms with E-state index in [0.717, 1.165) is 37.1 Å². The second-order valence-electron chi connectivity index (χ2n) is 4.82. The molecule has 1 aromatic heterocycles. The van der Waals surface area contributed by atoms with Crippen molar-refractivity contribution in [1.29, 1.82) is 0 Å². The van der Waals surface area contributed by atoms with Gasteiger partial charge in [-0.1, -0.05) is 19.8 Å². The minimum Gasteiger partial charge on any atom is -0.370 e. The van der Waals surface area contributed by atoms with Crippen LogP contribution in [0.3, 0.4) is 0 Å². The molecule has 0 fully saturated rings. The van der Waals surface area contributed by atoms with Crippen LogP contribution in [0.25, 0.3) is 0 Å². The van der Waals surface area contributed by atoms with Crippen molar-refractivity contribution < 1.29 is 0 Å². The highest BCUT2D eigenvalue weighted by molar-refractivity contribution is 5.48. The summed E-state index contributed by atoms with van der Waals surface area (Å²) in [4.78, 5) is 11.0. The molecular formula is C14H27N5. The molecule has 0 unspecified atom stereocenters. The Morgan fingerprint density at radius 3 is 2.68 bits per heavy atom. The standard InChI is InChI=1S/C14H27N5/c1-5-6-7-8-16-13-11-14(18-12(2)17-13)19(4)10-9-15-3/h11,15H,5-10H2,1-4H3,(H,16,17,18). The van der Waals surface area contributed by atoms with Crippen LogP contribution in [0.4, 0.5) is 11.6 Å². The average molecular weight is 265 g/mol. The summed E-state index contributed by atoms with van der Waals surface area (Å²) in [7, 11) is 4.01. The third kappa shape index (κ3) is 5.87. The summed E-state index contributed by atoms with van der Waals surface area (Å²) >= 11 is 0. The lowest BCUT2D eigenvalue weighted by molar-refractivity contribution is 0.740. The maximum absolute atomic E-state index is 4.48. The quantitative estimate of drug-likeness (QED) is 0.669. The highest BCUT2D eigenvalue weighted by Crippen LogP contribution is 2.14. The lowest BCUT2D eigenvalue weighted by Gasteiger charge is -2.19. The third-order valence-corrected chi connectivity index (χ3v) is 3.00. The third-order valence-electron chi connectivity index (χ3n) is 3.00. The van der Waals surface area contributed by atoms with Gasteiger partial charge in [0.15, 0.2) is 0 Å². The zero-order chi connectivity index (χ0) is 14.1. The number of aromatic nitrogens is 2. The Labute approximate surface area is 116 Å². The first-order valence-corrected chi connectivity index (χ1v) is 7.12. The van der Waals surface area contributed by atoms with Crippen LogP contribution in [0, 0.1) is 6.92 Å². The Hall–Kier alpha value is -1.36. The first-order chi connectivity index (χ1) is 9.17. The summed E-state index contributed by atoms with van der Waals surface area (Å²) in [6.45, 7) is 7.00. The Morgan fingerprint density at radius 2 is 2.00 bits per heavy atom. The van der Waals surface area contributed by atoms with Crippen molar-refractivity contribution in [3.63, 3.8) is 0 Å². The Kier molecular flexibility index (Phi) is 7.18. The Balaban J connectivity index is 2.60. The first-order valence-electron chi connectivity index (χ1n) is 7.12. The second kappa shape index (κ2) is 8.69. The molecular weight excluding hydrogens is 238 g/mol. The second-order valence-corrected chi connectivity index (χ2v) is 4.82. The molecule has 108 valence electrons. The molecule has 0 atom stereocenters. The van der Waals surface area contributed by atoms with Gasteiger partial charge >= 0.3 is 0 Å². The number of aryl methyl sites for hydroxylation is 1. The van der Waals surface area contributed by atoms with E-state index in [1.165, 1.54) is 19.3 Å². The maximum Gasteiger partial charge on any atom is 0.134 e. The van der Waals surface area contributed by atoms with Crippen LogP contribution < -0.4 is 15.5 Å². The van der Waals surface area contributed by atoms with Gasteiger partial charge in [-0.2, -0.15) is 0 Å². The molecule has 0 aromatic carbocycles. The lowest BCUT2D eigenvalue weighted by atomic mass is 10.2. The molecule has 0 saturated heterocycles. The Bertz CT molecular complexity index is 367. The molecule has 0 saturated carbocycles. The van der Waals surface area contributed by atoms with Gasteiger partial charge in [0.05, 0.1) is 0 Å². The Morgan fingerprint density at radius 1 is 1.21 bits per heavy atom. The highest BCUT2D eigenvalue weighted by atomic mass is 15.2. The smallest absolute Gasteiger partial charge is 0.134 e. The molecule has 2 N–H and O–H groups in total. The van der Waals surface area contributed by atoms with Gasteiger partial charge in [0.25, 0.3) is 0 Å². The predicted octanol–water partition coefficient (Wildman–Crippen LogP) is 2.04. The molecule has 0 spiro atoms. The highest BCUT2D eigenvalue weighted by Gasteiger charge is 2.05. The SMILES string of the molecule is CCCCCNc1cc(N(C)CCNC)nc(C)n1. The van der Waals surface area contributed by atoms with Gasteiger partial charge in [0.1, 0.15) is 17.5 Å². The van der Waals surface area contributed by atoms with E-state index in [2.05, 4.69) is 39.5 Å². The van der Waals surface area contributed by atoms with Crippen molar-refractivity contribution >= 4 is 11.6 Å². The maximum atomic E-state index is 4.48. The topological polar surface area (TPSA) is 53.1 Å². The molecule has 5 nitrogen and oxygen atoms in total. The van der Waals surface area contributed by atoms with Crippen LogP contribution in [0.2, 0.25) is 0 Å². The molecule has 1 heterocycles. The normalized spacial score (nSPS) is 10.5. The summed E-state index contributed by atoms with van der Waals surface area (Å²) < 4.78 is 0. The van der Waals surface area contributed by atoms with Gasteiger partial charge < -0.3 is 15.5 Å². The van der Waals surface area contributed by atoms with E-state index < -0.39 is 0 Å². The number of nitrogens with one attached hydrogen (secondary N) is 2. The summed E-state index contributed by atoms with van der Waals surface area (Å²) in [6.07, 6.45) is 3.68. The van der Waals surface area contributed by atoms with Crippen LogP contribution in [-0.4, -0.2) is 43.7 Å². The monoisotopic (exact) mass is 265 g/mol. The minimum absolute atomic E-state index is 0.812. The molecule has 0 radical (unpaired) electrons. The fourth-order valence-corrected chi connectivity index (χ4v) is 1.82. The van der Waals surface area contributed by atoms with Crippen molar-refractivity contribution in [1.82, 2.24) is 15.3 Å². The number of hydrogen-bond donors (Lipinski definition) is 2. The fourth-order valence-electron chi connectivity index (χ4n) is 1.82. The summed E-state index contributed by atoms with van der Waals surface area (Å²) in [5, 5.41) is 6.52. The van der Waals surface area contributed by atoms with Crippen LogP contribution >= 0.6 is 0 Å². The first kappa shape index (κ1) is 15.7. The van der Waals surface area contributed by atoms with Gasteiger partial charge in [-0.05, 0) is 20.4 Å². The van der Waals surface area contributed by atoms with Crippen molar-refractivity contribution in [3.8, 4) is 0 Å². The van der Waals surface area contributed by atoms with Crippen LogP contribution in [0.1, 0.15) is 32.0 Å². The van der Waals surface area contributed by atoms with E-state index in [9.17, 15) is 0 Å². The van der Waals surface area contributed by atoms with E-state index in [1.54, 1.807) is 0 Å². The molecule has 1 rings (SSSR count). The molecule has 0 aliphatic heterocycles. The van der Waals surface area contributed by atoms with Crippen molar-refractivity contribution in [2.75, 3.05) is 43.9 Å². The summed E-state index contributed by atoms with van der Waals surface area (Å²) in [5.74, 6) is 2.71. The number of anilines is 2. The van der Waals surface area contributed by atoms with E-state index in [1.807, 2.05) is 20.0 Å². The predicted molar refractivity (Wildman–Crippen MR) is 82.0 cm³/mol. The molecule has 0 bridgehead atoms. The molecule has 19 heavy (non-hydrogen) atoms. The minimum atomic E-state index is 0.812. The average Bonchev–Trinajstić information content (AvgIpc) is 2.40. The van der Waals surface area contributed by atoms with Crippen LogP contribution in [0.15, 0.2) is 6.07 Å². The van der Waals surface area contributed by atoms with Crippen molar-refractivity contribution in [2.45, 2.75) is 33.1 Å². The number of rotatable bonds is 9. The van der Waals surface area contributed by atoms with E-state index in [-0.39, 0.29) is 0 Å². The summed E-state index contributed by atoms with van der Waals surface area (Å²) in [5.41, 5.74) is 0. The van der Waals surface area contributed by atoms with E-state index in [0.29, 0.717) is 0 Å². The lowest BCUT2D eigenvalue weighted by Crippen LogP contribution is -2.28. The van der Waals surface area contributed by atoms with Gasteiger partial charge in [-0.15, -0.1) is 0 Å². The van der Waals surface area contributed by atoms with Gasteiger partial charge in [-0.25, -0.2) is 9.97 Å². The van der Waals surface area contributed by atoms with E-state index >= 15 is 0 Å². The van der Waals surface area contributed by atoms with Crippen LogP contribution in [-0.2, 0) is 0 Å². The van der Waals surface area contributed by atoms with Crippen LogP contribution in [0.5, 0.6) is 0 Å². The largest absolute Gasteiger partial charge is 0.370 e. The molecule has 1 aromatic rings. The fraction of sp³-hybridized carbons (Fsp3) is 0.714. The zero-order valence-electron chi connectivity index (χ0n) is 12.7. The number of unbranched alkanes of at least 4 members (excludes halogenated alkanes) is 2. The zero-order valence-corrected chi connectivity index (χ0v) is 12.7. The number of hydrogen-bond acceptors (Lipinski definition) is 5. The molecule has 0 aliphatic rings. The number of nitrogens with zero attached hydrogens (tertiary/aromatic N) is 3. The van der Waals surface area contributed by atoms with Gasteiger partial charge in [0.2, 0.25) is 0 Å². The van der Waals surface area contributed by atoms with Gasteiger partial charge in [-0.3, -0.25) is 0 Å². The molecule has 5 heteroatoms. The van der Waals surface area contributed by atoms with Crippen molar-refractivity contribution in [3.05, 3.63) is 11.9 Å². The molecule has 0 aliphatic carbocycles. The molecule has 0 amide bonds.